The van der Waals surface area contributed by atoms with E-state index in [1.54, 1.807) is 26.0 Å². The highest BCUT2D eigenvalue weighted by atomic mass is 19.2. The third-order valence-corrected chi connectivity index (χ3v) is 18.7. The van der Waals surface area contributed by atoms with Crippen LogP contribution < -0.4 is 61.6 Å². The number of aryl methyl sites for hydroxylation is 2. The number of aliphatic carboxylic acids is 1. The number of phenols is 1. The summed E-state index contributed by atoms with van der Waals surface area (Å²) >= 11 is 0. The number of hydrogen-bond donors (Lipinski definition) is 11. The number of benzene rings is 9. The molecule has 0 aromatic heterocycles. The summed E-state index contributed by atoms with van der Waals surface area (Å²) in [4.78, 5) is 103. The second kappa shape index (κ2) is 69.6. The molecule has 15 N–H and O–H groups in total. The summed E-state index contributed by atoms with van der Waals surface area (Å²) in [5.41, 5.74) is 24.2. The summed E-state index contributed by atoms with van der Waals surface area (Å²) in [6, 6.07) is 20.8. The fourth-order valence-corrected chi connectivity index (χ4v) is 11.8. The maximum Gasteiger partial charge on any atom is 0.335 e. The molecule has 0 aliphatic rings. The van der Waals surface area contributed by atoms with E-state index < -0.39 is 118 Å². The van der Waals surface area contributed by atoms with Gasteiger partial charge in [-0.3, -0.25) is 49.2 Å². The van der Waals surface area contributed by atoms with Gasteiger partial charge in [0.05, 0.1) is 107 Å². The number of hydrazine groups is 2. The number of carbonyl (C=O) groups is 9. The van der Waals surface area contributed by atoms with Crippen LogP contribution in [-0.2, 0) is 91.3 Å². The molecule has 0 aliphatic heterocycles. The zero-order chi connectivity index (χ0) is 107. The fourth-order valence-electron chi connectivity index (χ4n) is 11.8. The molecule has 139 heavy (non-hydrogen) atoms. The van der Waals surface area contributed by atoms with E-state index in [-0.39, 0.29) is 148 Å². The number of aromatic carboxylic acids is 1. The van der Waals surface area contributed by atoms with Crippen LogP contribution in [0.2, 0.25) is 0 Å². The van der Waals surface area contributed by atoms with Crippen molar-refractivity contribution in [1.82, 2.24) is 21.5 Å². The van der Waals surface area contributed by atoms with Crippen molar-refractivity contribution >= 4 is 98.2 Å². The van der Waals surface area contributed by atoms with Gasteiger partial charge in [0.1, 0.15) is 40.2 Å². The molecular weight excluding hydrogens is 1840 g/mol. The lowest BCUT2D eigenvalue weighted by molar-refractivity contribution is -0.140. The van der Waals surface area contributed by atoms with Gasteiger partial charge in [-0.2, -0.15) is 0 Å². The predicted octanol–water partition coefficient (Wildman–Crippen LogP) is 13.4. The van der Waals surface area contributed by atoms with Crippen molar-refractivity contribution in [3.05, 3.63) is 274 Å². The highest BCUT2D eigenvalue weighted by Crippen LogP contribution is 2.31. The Hall–Kier alpha value is -14.2. The SMILES string of the molecule is C.C#CC.CCc1c(C(=O)CNC(=O)Cc2cc(F)c(F)cc2OC)ccc(C)c1C.CCc1c(C(=O)CNC(=O)Cc2cc(F)c(F)cc2OC)ccc(O)c1C.CCc1c(C(=O)O)ccc(C)c1C.COC(=O)Cc1cc(F)c(F)cc1OC.COc1cc(F)c(F)cc1CC(=O)NN.COc1cc(F)c(F)cc1CC(=O)NN.COc1cc(F)c(F)cc1CC(=O)O.N=N.O.[2HH].[2HH].[2H][2H].[B][B][B].[B][B][B].[HH]. The van der Waals surface area contributed by atoms with Crippen molar-refractivity contribution in [3.63, 3.8) is 0 Å². The standard InChI is InChI=1S/C21H23F2NO3.C20H21F2NO4.C11H14O2.C10H10F2O3.2C9H10F2N2O2.C9H8F2O3.C3H4.CH4.2B3.H2N2.H2O.4H2/c1-5-15-13(3)12(2)6-7-16(15)19(25)11-24-21(26)9-14-8-17(22)18(23)10-20(14)27-4;1-4-13-11(2)17(24)6-5-14(13)18(25)10-23-20(26)8-12-7-15(21)16(22)9-19(12)27-3;1-4-9-8(3)7(2)5-6-10(9)11(12)13;1-14-9-5-8(12)7(11)3-6(9)4-10(13)15-2;2*1-15-8-4-7(11)6(10)2-5(8)3-9(14)13-12;1-14-8-4-7(11)6(10)2-5(8)3-9(12)13;1-3-2;;2*1-3-2;1-2;;;;;/h6-8,10H,5,9,11H2,1-4H3,(H,24,26);5-7,9,24H,4,8,10H2,1-3H3,(H,23,26);5-6H,4H2,1-3H3,(H,12,13);3,5H,4H2,1-2H3;2*2,4H,3,12H2,1H3,(H,13,14);2,4H,3H2,1H3,(H,12,13);1H,2H3;1H4;;;1-2H;1H2;4*1H/i;;;;;;;;;;;;;1+1D;2*1+1;. The molecule has 4 amide bonds. The molecule has 0 saturated heterocycles. The molecule has 0 saturated carbocycles. The van der Waals surface area contributed by atoms with Crippen LogP contribution in [0.5, 0.6) is 40.2 Å². The number of methoxy groups -OCH3 is 7. The number of carbonyl (C=O) groups excluding carboxylic acids is 7. The minimum atomic E-state index is -1.13. The molecule has 0 fully saturated rings. The van der Waals surface area contributed by atoms with Crippen LogP contribution in [0.25, 0.3) is 0 Å². The molecule has 0 spiro atoms. The zero-order valence-electron chi connectivity index (χ0n) is 80.3. The molecule has 9 aromatic carbocycles. The second-order valence-corrected chi connectivity index (χ2v) is 27.4. The van der Waals surface area contributed by atoms with E-state index in [0.717, 1.165) is 132 Å². The number of ether oxygens (including phenoxy) is 7. The number of halogens is 12. The quantitative estimate of drug-likeness (QED) is 0.00250. The molecule has 0 aliphatic carbocycles. The molecule has 0 bridgehead atoms. The number of ketones is 2. The first-order chi connectivity index (χ1) is 65.6. The minimum absolute atomic E-state index is 0. The van der Waals surface area contributed by atoms with Gasteiger partial charge in [-0.1, -0.05) is 46.4 Å². The normalized spacial score (nSPS) is 9.56. The first-order valence-electron chi connectivity index (χ1n) is 41.0. The van der Waals surface area contributed by atoms with Crippen molar-refractivity contribution in [2.75, 3.05) is 62.9 Å². The highest BCUT2D eigenvalue weighted by Gasteiger charge is 2.23. The molecule has 0 heterocycles. The lowest BCUT2D eigenvalue weighted by Crippen LogP contribution is -2.31. The van der Waals surface area contributed by atoms with Crippen LogP contribution in [0.4, 0.5) is 52.7 Å². The lowest BCUT2D eigenvalue weighted by atomic mass is 9.40. The Kier molecular flexibility index (Phi) is 64.5. The van der Waals surface area contributed by atoms with Gasteiger partial charge >= 0.3 is 17.9 Å². The zero-order valence-corrected chi connectivity index (χ0v) is 78.3. The van der Waals surface area contributed by atoms with Gasteiger partial charge in [0.25, 0.3) is 0 Å². The molecule has 750 valence electrons. The number of aromatic hydroxyl groups is 1. The van der Waals surface area contributed by atoms with Crippen molar-refractivity contribution in [2.45, 2.75) is 128 Å². The molecule has 9 rings (SSSR count). The van der Waals surface area contributed by atoms with Gasteiger partial charge < -0.3 is 64.6 Å². The Morgan fingerprint density at radius 1 is 0.410 bits per heavy atom. The average Bonchev–Trinajstić information content (AvgIpc) is 0.804. The number of carboxylic acid groups (broad SMARTS) is 2. The number of terminal acetylenes is 1. The number of carboxylic acids is 2. The van der Waals surface area contributed by atoms with E-state index in [0.29, 0.717) is 35.1 Å². The van der Waals surface area contributed by atoms with E-state index >= 15 is 0 Å². The summed E-state index contributed by atoms with van der Waals surface area (Å²) in [6.45, 7) is 16.7. The first-order valence-corrected chi connectivity index (χ1v) is 40.0. The van der Waals surface area contributed by atoms with Crippen LogP contribution in [-0.4, -0.2) is 182 Å². The van der Waals surface area contributed by atoms with E-state index in [1.165, 1.54) is 61.9 Å². The monoisotopic (exact) mass is 1960 g/mol. The summed E-state index contributed by atoms with van der Waals surface area (Å²) in [6.07, 6.45) is 5.26. The Morgan fingerprint density at radius 3 is 0.856 bits per heavy atom. The van der Waals surface area contributed by atoms with Gasteiger partial charge in [0.2, 0.25) is 23.6 Å². The highest BCUT2D eigenvalue weighted by molar-refractivity contribution is 7.17. The van der Waals surface area contributed by atoms with E-state index in [1.807, 2.05) is 71.5 Å². The van der Waals surface area contributed by atoms with Gasteiger partial charge in [0, 0.05) is 133 Å². The van der Waals surface area contributed by atoms with Crippen molar-refractivity contribution in [1.29, 1.82) is 11.1 Å². The second-order valence-electron chi connectivity index (χ2n) is 27.4. The third kappa shape index (κ3) is 44.7. The van der Waals surface area contributed by atoms with E-state index in [9.17, 15) is 101 Å². The van der Waals surface area contributed by atoms with Crippen molar-refractivity contribution < 1.29 is 157 Å². The minimum Gasteiger partial charge on any atom is -0.508 e. The third-order valence-electron chi connectivity index (χ3n) is 18.7. The molecule has 46 heteroatoms. The Balaban J connectivity index is -0.000000247. The summed E-state index contributed by atoms with van der Waals surface area (Å²) in [5.74, 6) is -4.97. The predicted molar refractivity (Wildman–Crippen MR) is 512 cm³/mol. The number of nitrogens with one attached hydrogen (secondary N) is 6. The van der Waals surface area contributed by atoms with Crippen molar-refractivity contribution in [2.24, 2.45) is 11.7 Å². The van der Waals surface area contributed by atoms with Crippen LogP contribution in [0.1, 0.15) is 151 Å². The van der Waals surface area contributed by atoms with Crippen molar-refractivity contribution in [3.8, 4) is 52.6 Å². The maximum atomic E-state index is 13.4. The molecule has 0 unspecified atom stereocenters. The van der Waals surface area contributed by atoms with Crippen LogP contribution in [0, 0.1) is 128 Å². The Bertz CT molecular complexity index is 5310. The van der Waals surface area contributed by atoms with Crippen LogP contribution in [0.3, 0.4) is 0 Å². The van der Waals surface area contributed by atoms with Gasteiger partial charge in [-0.25, -0.2) is 80.2 Å². The van der Waals surface area contributed by atoms with Gasteiger partial charge in [-0.05, 0) is 160 Å². The number of phenolic OH excluding ortho intramolecular Hbond substituents is 1. The van der Waals surface area contributed by atoms with Crippen LogP contribution >= 0.6 is 0 Å². The van der Waals surface area contributed by atoms with Gasteiger partial charge in [-0.15, -0.1) is 12.3 Å². The smallest absolute Gasteiger partial charge is 0.335 e. The number of nitrogens with two attached hydrogens (primary N) is 2. The molecular formula is C93H116B6F12N8O20. The first kappa shape index (κ1) is 129. The number of Topliss-reactive ketones (excluding diaryl/α,β-unsaturated/α-hetero) is 2. The van der Waals surface area contributed by atoms with E-state index in [2.05, 4.69) is 58.7 Å². The number of amides is 4. The summed E-state index contributed by atoms with van der Waals surface area (Å²) in [5, 5.41) is 32.2. The van der Waals surface area contributed by atoms with E-state index in [4.69, 9.17) is 64.4 Å². The number of hydrogen-bond acceptors (Lipinski definition) is 21. The topological polar surface area (TPSA) is 458 Å². The largest absolute Gasteiger partial charge is 0.508 e. The number of esters is 1. The average molecular weight is 1960 g/mol. The maximum absolute atomic E-state index is 13.4. The molecule has 28 nitrogen and oxygen atoms in total. The van der Waals surface area contributed by atoms with Gasteiger partial charge in [0.15, 0.2) is 81.4 Å². The summed E-state index contributed by atoms with van der Waals surface area (Å²) < 4.78 is 199. The molecule has 10 radical (unpaired) electrons. The molecule has 0 atom stereocenters. The lowest BCUT2D eigenvalue weighted by Gasteiger charge is -2.13. The number of rotatable bonds is 28. The Morgan fingerprint density at radius 2 is 0.626 bits per heavy atom. The molecule has 9 aromatic rings. The fraction of sp³-hybridized carbons (Fsp3) is 0.301. The Labute approximate surface area is 812 Å². The van der Waals surface area contributed by atoms with Crippen LogP contribution in [0.15, 0.2) is 109 Å². The summed E-state index contributed by atoms with van der Waals surface area (Å²) in [7, 11) is 29.0.